The van der Waals surface area contributed by atoms with Crippen LogP contribution in [-0.4, -0.2) is 25.1 Å². The first-order chi connectivity index (χ1) is 9.74. The summed E-state index contributed by atoms with van der Waals surface area (Å²) in [6.07, 6.45) is 4.96. The van der Waals surface area contributed by atoms with Gasteiger partial charge in [0.2, 0.25) is 0 Å². The van der Waals surface area contributed by atoms with E-state index >= 15 is 0 Å². The molecule has 0 spiro atoms. The molecular formula is C16H23ClN2O2. The van der Waals surface area contributed by atoms with Gasteiger partial charge in [-0.1, -0.05) is 19.1 Å². The molecular weight excluding hydrogens is 288 g/mol. The predicted octanol–water partition coefficient (Wildman–Crippen LogP) is 2.53. The molecule has 0 saturated heterocycles. The second kappa shape index (κ2) is 8.70. The van der Waals surface area contributed by atoms with Crippen LogP contribution in [0.15, 0.2) is 36.9 Å². The normalized spacial score (nSPS) is 20.4. The number of ether oxygens (including phenoxy) is 1. The highest BCUT2D eigenvalue weighted by molar-refractivity contribution is 5.94. The van der Waals surface area contributed by atoms with Crippen LogP contribution in [0.2, 0.25) is 0 Å². The maximum absolute atomic E-state index is 12.2. The first-order valence-electron chi connectivity index (χ1n) is 7.09. The Morgan fingerprint density at radius 1 is 1.38 bits per heavy atom. The molecule has 4 nitrogen and oxygen atoms in total. The van der Waals surface area contributed by atoms with Gasteiger partial charge < -0.3 is 15.8 Å². The quantitative estimate of drug-likeness (QED) is 0.794. The van der Waals surface area contributed by atoms with Crippen LogP contribution in [0.5, 0.6) is 5.75 Å². The maximum atomic E-state index is 12.2. The van der Waals surface area contributed by atoms with Crippen molar-refractivity contribution in [2.45, 2.75) is 25.3 Å². The van der Waals surface area contributed by atoms with Crippen LogP contribution in [-0.2, 0) is 0 Å². The number of nitrogens with one attached hydrogen (secondary N) is 1. The Hall–Kier alpha value is -1.52. The average Bonchev–Trinajstić information content (AvgIpc) is 2.92. The standard InChI is InChI=1S/C16H22N2O2.ClH/c1-2-10-20-14-8-6-12(7-9-14)16(19)18-15-5-3-4-13(15)11-17;/h2,6-9,13,15H,1,3-5,10-11,17H2,(H,18,19);1H. The molecule has 5 heteroatoms. The maximum Gasteiger partial charge on any atom is 0.251 e. The molecule has 0 bridgehead atoms. The minimum Gasteiger partial charge on any atom is -0.490 e. The number of halogens is 1. The summed E-state index contributed by atoms with van der Waals surface area (Å²) in [7, 11) is 0. The lowest BCUT2D eigenvalue weighted by atomic mass is 10.0. The van der Waals surface area contributed by atoms with E-state index in [9.17, 15) is 4.79 Å². The lowest BCUT2D eigenvalue weighted by Crippen LogP contribution is -2.39. The zero-order chi connectivity index (χ0) is 14.4. The molecule has 1 aliphatic rings. The second-order valence-electron chi connectivity index (χ2n) is 5.13. The van der Waals surface area contributed by atoms with Gasteiger partial charge in [-0.2, -0.15) is 0 Å². The van der Waals surface area contributed by atoms with E-state index in [1.807, 2.05) is 0 Å². The van der Waals surface area contributed by atoms with Crippen molar-refractivity contribution >= 4 is 18.3 Å². The Morgan fingerprint density at radius 3 is 2.71 bits per heavy atom. The summed E-state index contributed by atoms with van der Waals surface area (Å²) in [4.78, 5) is 12.2. The van der Waals surface area contributed by atoms with Crippen LogP contribution < -0.4 is 15.8 Å². The Morgan fingerprint density at radius 2 is 2.10 bits per heavy atom. The molecule has 1 fully saturated rings. The number of hydrogen-bond donors (Lipinski definition) is 2. The molecule has 116 valence electrons. The van der Waals surface area contributed by atoms with E-state index in [1.54, 1.807) is 30.3 Å². The molecule has 1 aromatic carbocycles. The number of nitrogens with two attached hydrogens (primary N) is 1. The number of amides is 1. The smallest absolute Gasteiger partial charge is 0.251 e. The molecule has 0 aromatic heterocycles. The number of carbonyl (C=O) groups excluding carboxylic acids is 1. The molecule has 21 heavy (non-hydrogen) atoms. The van der Waals surface area contributed by atoms with E-state index in [1.165, 1.54) is 0 Å². The highest BCUT2D eigenvalue weighted by Gasteiger charge is 2.27. The van der Waals surface area contributed by atoms with Crippen molar-refractivity contribution in [3.8, 4) is 5.75 Å². The fourth-order valence-corrected chi connectivity index (χ4v) is 2.62. The van der Waals surface area contributed by atoms with Crippen molar-refractivity contribution in [1.29, 1.82) is 0 Å². The summed E-state index contributed by atoms with van der Waals surface area (Å²) in [5.41, 5.74) is 6.38. The Balaban J connectivity index is 0.00000220. The number of rotatable bonds is 6. The summed E-state index contributed by atoms with van der Waals surface area (Å²) in [5, 5.41) is 3.08. The molecule has 3 N–H and O–H groups in total. The van der Waals surface area contributed by atoms with E-state index in [0.29, 0.717) is 24.6 Å². The van der Waals surface area contributed by atoms with Crippen molar-refractivity contribution in [2.24, 2.45) is 11.7 Å². The zero-order valence-electron chi connectivity index (χ0n) is 12.1. The third kappa shape index (κ3) is 4.76. The number of benzene rings is 1. The van der Waals surface area contributed by atoms with Gasteiger partial charge in [-0.3, -0.25) is 4.79 Å². The largest absolute Gasteiger partial charge is 0.490 e. The molecule has 1 aliphatic carbocycles. The van der Waals surface area contributed by atoms with Crippen molar-refractivity contribution in [3.05, 3.63) is 42.5 Å². The minimum absolute atomic E-state index is 0. The second-order valence-corrected chi connectivity index (χ2v) is 5.13. The van der Waals surface area contributed by atoms with Gasteiger partial charge in [-0.15, -0.1) is 12.4 Å². The van der Waals surface area contributed by atoms with Crippen LogP contribution in [0.3, 0.4) is 0 Å². The molecule has 1 aromatic rings. The van der Waals surface area contributed by atoms with E-state index < -0.39 is 0 Å². The van der Waals surface area contributed by atoms with E-state index in [-0.39, 0.29) is 24.4 Å². The van der Waals surface area contributed by atoms with Crippen LogP contribution >= 0.6 is 12.4 Å². The van der Waals surface area contributed by atoms with E-state index in [4.69, 9.17) is 10.5 Å². The molecule has 1 amide bonds. The van der Waals surface area contributed by atoms with Gasteiger partial charge >= 0.3 is 0 Å². The molecule has 2 rings (SSSR count). The molecule has 2 unspecified atom stereocenters. The topological polar surface area (TPSA) is 64.3 Å². The Kier molecular flexibility index (Phi) is 7.26. The third-order valence-corrected chi connectivity index (χ3v) is 3.76. The highest BCUT2D eigenvalue weighted by Crippen LogP contribution is 2.25. The van der Waals surface area contributed by atoms with Gasteiger partial charge in [-0.05, 0) is 49.6 Å². The summed E-state index contributed by atoms with van der Waals surface area (Å²) >= 11 is 0. The van der Waals surface area contributed by atoms with Gasteiger partial charge in [0.25, 0.3) is 5.91 Å². The lowest BCUT2D eigenvalue weighted by Gasteiger charge is -2.19. The SMILES string of the molecule is C=CCOc1ccc(C(=O)NC2CCCC2CN)cc1.Cl. The van der Waals surface area contributed by atoms with Crippen molar-refractivity contribution in [3.63, 3.8) is 0 Å². The summed E-state index contributed by atoms with van der Waals surface area (Å²) < 4.78 is 5.39. The van der Waals surface area contributed by atoms with E-state index in [0.717, 1.165) is 25.0 Å². The van der Waals surface area contributed by atoms with Crippen LogP contribution in [0.4, 0.5) is 0 Å². The van der Waals surface area contributed by atoms with Crippen LogP contribution in [0.25, 0.3) is 0 Å². The monoisotopic (exact) mass is 310 g/mol. The van der Waals surface area contributed by atoms with Gasteiger partial charge in [0, 0.05) is 11.6 Å². The fraction of sp³-hybridized carbons (Fsp3) is 0.438. The molecule has 0 heterocycles. The van der Waals surface area contributed by atoms with Gasteiger partial charge in [0.1, 0.15) is 12.4 Å². The van der Waals surface area contributed by atoms with Crippen molar-refractivity contribution < 1.29 is 9.53 Å². The Bertz CT molecular complexity index is 462. The first kappa shape index (κ1) is 17.5. The summed E-state index contributed by atoms with van der Waals surface area (Å²) in [6.45, 7) is 4.70. The highest BCUT2D eigenvalue weighted by atomic mass is 35.5. The van der Waals surface area contributed by atoms with Crippen LogP contribution in [0, 0.1) is 5.92 Å². The predicted molar refractivity (Wildman–Crippen MR) is 87.0 cm³/mol. The number of carbonyl (C=O) groups is 1. The van der Waals surface area contributed by atoms with Gasteiger partial charge in [0.15, 0.2) is 0 Å². The number of hydrogen-bond acceptors (Lipinski definition) is 3. The average molecular weight is 311 g/mol. The summed E-state index contributed by atoms with van der Waals surface area (Å²) in [6, 6.07) is 7.37. The molecule has 2 atom stereocenters. The fourth-order valence-electron chi connectivity index (χ4n) is 2.62. The van der Waals surface area contributed by atoms with Crippen LogP contribution in [0.1, 0.15) is 29.6 Å². The molecule has 1 saturated carbocycles. The van der Waals surface area contributed by atoms with Gasteiger partial charge in [-0.25, -0.2) is 0 Å². The Labute approximate surface area is 132 Å². The van der Waals surface area contributed by atoms with Crippen molar-refractivity contribution in [1.82, 2.24) is 5.32 Å². The first-order valence-corrected chi connectivity index (χ1v) is 7.09. The minimum atomic E-state index is -0.0365. The lowest BCUT2D eigenvalue weighted by molar-refractivity contribution is 0.0929. The van der Waals surface area contributed by atoms with E-state index in [2.05, 4.69) is 11.9 Å². The molecule has 0 radical (unpaired) electrons. The van der Waals surface area contributed by atoms with Gasteiger partial charge in [0.05, 0.1) is 0 Å². The third-order valence-electron chi connectivity index (χ3n) is 3.76. The zero-order valence-corrected chi connectivity index (χ0v) is 12.9. The van der Waals surface area contributed by atoms with Crippen molar-refractivity contribution in [2.75, 3.05) is 13.2 Å². The summed E-state index contributed by atoms with van der Waals surface area (Å²) in [5.74, 6) is 1.11. The molecule has 0 aliphatic heterocycles.